The van der Waals surface area contributed by atoms with E-state index in [2.05, 4.69) is 15.3 Å². The molecule has 2 aliphatic heterocycles. The standard InChI is InChI=1S/C13H9Cl2N3O4/c1-22-13(21)10-8-9(16-17-10)12(20)18(11(8)19)5-2-3-6(14)7(15)4-5/h2-4,8-9,16H,1H3/t8-,9+/m0/s1. The number of rotatable bonds is 2. The van der Waals surface area contributed by atoms with E-state index >= 15 is 0 Å². The SMILES string of the molecule is COC(=O)C1=NN[C@H]2C(=O)N(c3ccc(Cl)c(Cl)c3)C(=O)[C@H]12. The van der Waals surface area contributed by atoms with Gasteiger partial charge in [0.2, 0.25) is 5.91 Å². The average Bonchev–Trinajstić information content (AvgIpc) is 3.03. The number of nitrogens with one attached hydrogen (secondary N) is 1. The number of methoxy groups -OCH3 is 1. The zero-order valence-corrected chi connectivity index (χ0v) is 12.7. The van der Waals surface area contributed by atoms with Gasteiger partial charge < -0.3 is 4.74 Å². The molecule has 0 saturated carbocycles. The molecule has 2 heterocycles. The minimum Gasteiger partial charge on any atom is -0.464 e. The summed E-state index contributed by atoms with van der Waals surface area (Å²) in [5.41, 5.74) is 2.67. The Hall–Kier alpha value is -2.12. The second-order valence-corrected chi connectivity index (χ2v) is 5.50. The maximum absolute atomic E-state index is 12.5. The monoisotopic (exact) mass is 341 g/mol. The molecule has 1 saturated heterocycles. The molecule has 1 N–H and O–H groups in total. The van der Waals surface area contributed by atoms with Gasteiger partial charge in [-0.1, -0.05) is 23.2 Å². The fourth-order valence-electron chi connectivity index (χ4n) is 2.44. The molecule has 0 aliphatic carbocycles. The van der Waals surface area contributed by atoms with E-state index in [4.69, 9.17) is 23.2 Å². The summed E-state index contributed by atoms with van der Waals surface area (Å²) in [6, 6.07) is 3.47. The van der Waals surface area contributed by atoms with Gasteiger partial charge in [0.1, 0.15) is 12.0 Å². The van der Waals surface area contributed by atoms with E-state index in [1.54, 1.807) is 0 Å². The van der Waals surface area contributed by atoms with E-state index in [0.717, 1.165) is 4.90 Å². The normalized spacial score (nSPS) is 23.2. The van der Waals surface area contributed by atoms with Crippen molar-refractivity contribution < 1.29 is 19.1 Å². The molecule has 1 aromatic rings. The third-order valence-corrected chi connectivity index (χ3v) is 4.22. The van der Waals surface area contributed by atoms with Crippen LogP contribution in [0.1, 0.15) is 0 Å². The van der Waals surface area contributed by atoms with Crippen molar-refractivity contribution >= 4 is 52.4 Å². The number of halogens is 2. The summed E-state index contributed by atoms with van der Waals surface area (Å²) in [4.78, 5) is 37.5. The van der Waals surface area contributed by atoms with Crippen LogP contribution in [0.5, 0.6) is 0 Å². The van der Waals surface area contributed by atoms with Crippen LogP contribution >= 0.6 is 23.2 Å². The highest BCUT2D eigenvalue weighted by molar-refractivity contribution is 6.47. The number of hydrazone groups is 1. The predicted molar refractivity (Wildman–Crippen MR) is 78.8 cm³/mol. The maximum atomic E-state index is 12.5. The molecule has 0 radical (unpaired) electrons. The van der Waals surface area contributed by atoms with Gasteiger partial charge >= 0.3 is 5.97 Å². The van der Waals surface area contributed by atoms with Crippen molar-refractivity contribution in [1.29, 1.82) is 0 Å². The Morgan fingerprint density at radius 3 is 2.64 bits per heavy atom. The van der Waals surface area contributed by atoms with Gasteiger partial charge in [-0.3, -0.25) is 15.0 Å². The summed E-state index contributed by atoms with van der Waals surface area (Å²) < 4.78 is 4.57. The van der Waals surface area contributed by atoms with Crippen LogP contribution in [0.15, 0.2) is 23.3 Å². The first-order chi connectivity index (χ1) is 10.5. The van der Waals surface area contributed by atoms with Crippen LogP contribution in [0, 0.1) is 5.92 Å². The second-order valence-electron chi connectivity index (χ2n) is 4.68. The molecule has 22 heavy (non-hydrogen) atoms. The molecule has 3 rings (SSSR count). The van der Waals surface area contributed by atoms with Crippen molar-refractivity contribution in [2.45, 2.75) is 6.04 Å². The highest BCUT2D eigenvalue weighted by atomic mass is 35.5. The third-order valence-electron chi connectivity index (χ3n) is 3.48. The number of nitrogens with zero attached hydrogens (tertiary/aromatic N) is 2. The number of hydrogen-bond donors (Lipinski definition) is 1. The fourth-order valence-corrected chi connectivity index (χ4v) is 2.73. The maximum Gasteiger partial charge on any atom is 0.355 e. The Morgan fingerprint density at radius 2 is 2.00 bits per heavy atom. The van der Waals surface area contributed by atoms with E-state index in [9.17, 15) is 14.4 Å². The van der Waals surface area contributed by atoms with E-state index in [-0.39, 0.29) is 16.4 Å². The molecule has 0 unspecified atom stereocenters. The number of ether oxygens (including phenoxy) is 1. The van der Waals surface area contributed by atoms with E-state index in [1.165, 1.54) is 25.3 Å². The minimum atomic E-state index is -1.01. The number of amides is 2. The summed E-state index contributed by atoms with van der Waals surface area (Å²) in [6.45, 7) is 0. The molecule has 1 aromatic carbocycles. The Morgan fingerprint density at radius 1 is 1.27 bits per heavy atom. The quantitative estimate of drug-likeness (QED) is 0.640. The molecular weight excluding hydrogens is 333 g/mol. The number of benzene rings is 1. The summed E-state index contributed by atoms with van der Waals surface area (Å²) in [6.07, 6.45) is 0. The van der Waals surface area contributed by atoms with E-state index < -0.39 is 29.7 Å². The Labute approximate surface area is 134 Å². The van der Waals surface area contributed by atoms with Gasteiger partial charge in [0.15, 0.2) is 5.71 Å². The summed E-state index contributed by atoms with van der Waals surface area (Å²) in [5.74, 6) is -2.84. The number of esters is 1. The van der Waals surface area contributed by atoms with Crippen LogP contribution in [-0.4, -0.2) is 36.6 Å². The fraction of sp³-hybridized carbons (Fsp3) is 0.231. The number of carbonyl (C=O) groups excluding carboxylic acids is 3. The molecule has 1 fully saturated rings. The zero-order valence-electron chi connectivity index (χ0n) is 11.2. The highest BCUT2D eigenvalue weighted by Crippen LogP contribution is 2.33. The van der Waals surface area contributed by atoms with Crippen LogP contribution in [0.25, 0.3) is 0 Å². The van der Waals surface area contributed by atoms with Crippen LogP contribution < -0.4 is 10.3 Å². The highest BCUT2D eigenvalue weighted by Gasteiger charge is 2.55. The third kappa shape index (κ3) is 2.05. The molecule has 0 bridgehead atoms. The lowest BCUT2D eigenvalue weighted by molar-refractivity contribution is -0.133. The van der Waals surface area contributed by atoms with Crippen LogP contribution in [0.2, 0.25) is 10.0 Å². The first-order valence-electron chi connectivity index (χ1n) is 6.20. The summed E-state index contributed by atoms with van der Waals surface area (Å²) in [5, 5.41) is 4.25. The van der Waals surface area contributed by atoms with E-state index in [1.807, 2.05) is 0 Å². The number of imide groups is 1. The molecular formula is C13H9Cl2N3O4. The lowest BCUT2D eigenvalue weighted by atomic mass is 9.99. The molecule has 9 heteroatoms. The van der Waals surface area contributed by atoms with Crippen molar-refractivity contribution in [2.75, 3.05) is 12.0 Å². The predicted octanol–water partition coefficient (Wildman–Crippen LogP) is 0.984. The van der Waals surface area contributed by atoms with Gasteiger partial charge in [-0.25, -0.2) is 9.69 Å². The molecule has 114 valence electrons. The minimum absolute atomic E-state index is 0.117. The molecule has 0 aromatic heterocycles. The van der Waals surface area contributed by atoms with Gasteiger partial charge in [0.05, 0.1) is 22.8 Å². The molecule has 0 spiro atoms. The van der Waals surface area contributed by atoms with Crippen LogP contribution in [0.3, 0.4) is 0 Å². The largest absolute Gasteiger partial charge is 0.464 e. The number of carbonyl (C=O) groups is 3. The molecule has 2 aliphatic rings. The molecule has 2 atom stereocenters. The van der Waals surface area contributed by atoms with Gasteiger partial charge in [0, 0.05) is 0 Å². The van der Waals surface area contributed by atoms with Crippen molar-refractivity contribution in [3.63, 3.8) is 0 Å². The Kier molecular flexibility index (Phi) is 3.54. The van der Waals surface area contributed by atoms with Crippen molar-refractivity contribution in [3.05, 3.63) is 28.2 Å². The van der Waals surface area contributed by atoms with Gasteiger partial charge in [-0.05, 0) is 18.2 Å². The average molecular weight is 342 g/mol. The number of fused-ring (bicyclic) bond motifs is 1. The Bertz CT molecular complexity index is 734. The first kappa shape index (κ1) is 14.8. The summed E-state index contributed by atoms with van der Waals surface area (Å²) in [7, 11) is 1.18. The van der Waals surface area contributed by atoms with Crippen molar-refractivity contribution in [1.82, 2.24) is 5.43 Å². The van der Waals surface area contributed by atoms with Gasteiger partial charge in [-0.2, -0.15) is 5.10 Å². The smallest absolute Gasteiger partial charge is 0.355 e. The second kappa shape index (κ2) is 5.26. The Balaban J connectivity index is 1.98. The molecule has 7 nitrogen and oxygen atoms in total. The van der Waals surface area contributed by atoms with E-state index in [0.29, 0.717) is 5.02 Å². The molecule has 2 amide bonds. The van der Waals surface area contributed by atoms with Gasteiger partial charge in [-0.15, -0.1) is 0 Å². The zero-order chi connectivity index (χ0) is 16.0. The van der Waals surface area contributed by atoms with Gasteiger partial charge in [0.25, 0.3) is 5.91 Å². The first-order valence-corrected chi connectivity index (χ1v) is 6.95. The lowest BCUT2D eigenvalue weighted by Crippen LogP contribution is -2.36. The van der Waals surface area contributed by atoms with Crippen LogP contribution in [-0.2, 0) is 19.1 Å². The van der Waals surface area contributed by atoms with Crippen molar-refractivity contribution in [3.8, 4) is 0 Å². The van der Waals surface area contributed by atoms with Crippen LogP contribution in [0.4, 0.5) is 5.69 Å². The number of hydrogen-bond acceptors (Lipinski definition) is 6. The lowest BCUT2D eigenvalue weighted by Gasteiger charge is -2.16. The topological polar surface area (TPSA) is 88.1 Å². The summed E-state index contributed by atoms with van der Waals surface area (Å²) >= 11 is 11.7. The number of anilines is 1. The van der Waals surface area contributed by atoms with Crippen molar-refractivity contribution in [2.24, 2.45) is 11.0 Å².